The first-order chi connectivity index (χ1) is 28.1. The molecule has 0 radical (unpaired) electrons. The van der Waals surface area contributed by atoms with Crippen LogP contribution in [0.15, 0.2) is 84.7 Å². The van der Waals surface area contributed by atoms with Gasteiger partial charge in [0.2, 0.25) is 0 Å². The molecule has 0 saturated carbocycles. The molecule has 4 N–H and O–H groups in total. The maximum atomic E-state index is 13.6. The summed E-state index contributed by atoms with van der Waals surface area (Å²) in [5.74, 6) is 5.48. The molecule has 4 aromatic rings. The molecule has 0 unspecified atom stereocenters. The van der Waals surface area contributed by atoms with Crippen LogP contribution in [-0.4, -0.2) is 47.0 Å². The number of nitrogens with one attached hydrogen (secondary N) is 1. The standard InChI is InChI=1S/C50H57NO7/c1-32-13-20-43-37-17-21-45-44(47(55)29-46(32)50(43)45)12-7-23-57-42(28-41(54)18-14-35-15-22-48(56-3)49(25-35)58-31-37)27-38-26-40(53)19-16-36(38)10-5-4-8-34-9-6-11-39(24-34)51-30-33(2)52/h6,9,11,15-17,19,21-22,24-26,29,32-33,36,38,42,51-53,55H,4-5,8,10,12-14,18,20,27-28,30-31H2,1-3H3/t32-,33-,36+,38+,42-/m0/s1. The van der Waals surface area contributed by atoms with E-state index in [2.05, 4.69) is 54.6 Å². The molecule has 2 aliphatic heterocycles. The summed E-state index contributed by atoms with van der Waals surface area (Å²) in [5, 5.41) is 37.1. The zero-order chi connectivity index (χ0) is 40.6. The first kappa shape index (κ1) is 40.8. The second-order valence-corrected chi connectivity index (χ2v) is 16.4. The van der Waals surface area contributed by atoms with Gasteiger partial charge in [0.1, 0.15) is 36.1 Å². The fourth-order valence-corrected chi connectivity index (χ4v) is 8.87. The molecule has 5 atom stereocenters. The number of aliphatic hydroxyl groups excluding tert-OH is 2. The van der Waals surface area contributed by atoms with E-state index in [0.717, 1.165) is 71.9 Å². The summed E-state index contributed by atoms with van der Waals surface area (Å²) in [6, 6.07) is 20.3. The van der Waals surface area contributed by atoms with E-state index in [1.165, 1.54) is 16.5 Å². The van der Waals surface area contributed by atoms with Gasteiger partial charge in [-0.2, -0.15) is 0 Å². The topological polar surface area (TPSA) is 117 Å². The third-order valence-corrected chi connectivity index (χ3v) is 12.1. The molecular formula is C50H57NO7. The first-order valence-electron chi connectivity index (χ1n) is 21.0. The van der Waals surface area contributed by atoms with Crippen LogP contribution in [0, 0.1) is 23.9 Å². The Hall–Kier alpha value is -5.39. The molecule has 8 nitrogen and oxygen atoms in total. The molecule has 8 rings (SSSR count). The SMILES string of the molecule is COc1ccc2cc1OCc1ccc3c(c(O)cc4c3c1CC[C@@H]4C)CC#CO[C@@H](C[C@H]1C=C(O)C=C[C@H]1CCCCc1cccc(NC[C@H](C)O)c1)CC(=O)CC2. The molecule has 0 saturated heterocycles. The Morgan fingerprint density at radius 3 is 2.72 bits per heavy atom. The number of hydrogen-bond acceptors (Lipinski definition) is 8. The maximum Gasteiger partial charge on any atom is 0.161 e. The third kappa shape index (κ3) is 10.00. The van der Waals surface area contributed by atoms with Crippen LogP contribution in [0.5, 0.6) is 17.2 Å². The fourth-order valence-electron chi connectivity index (χ4n) is 8.87. The number of ether oxygens (including phenoxy) is 3. The van der Waals surface area contributed by atoms with Crippen LogP contribution < -0.4 is 14.8 Å². The second-order valence-electron chi connectivity index (χ2n) is 16.4. The molecule has 4 aromatic carbocycles. The van der Waals surface area contributed by atoms with Crippen molar-refractivity contribution >= 4 is 22.2 Å². The number of allylic oxidation sites excluding steroid dienone is 3. The second kappa shape index (κ2) is 18.9. The number of anilines is 1. The number of phenols is 1. The number of hydrogen-bond donors (Lipinski definition) is 4. The van der Waals surface area contributed by atoms with Crippen molar-refractivity contribution in [2.45, 2.75) is 109 Å². The van der Waals surface area contributed by atoms with E-state index in [1.807, 2.05) is 42.5 Å². The number of carbonyl (C=O) groups is 1. The van der Waals surface area contributed by atoms with Crippen LogP contribution in [-0.2, 0) is 41.8 Å². The maximum absolute atomic E-state index is 13.6. The number of phenolic OH excluding ortho intramolecular Hbond substituents is 1. The van der Waals surface area contributed by atoms with Gasteiger partial charge in [-0.25, -0.2) is 0 Å². The molecule has 304 valence electrons. The zero-order valence-corrected chi connectivity index (χ0v) is 34.1. The van der Waals surface area contributed by atoms with Crippen LogP contribution in [0.4, 0.5) is 5.69 Å². The Balaban J connectivity index is 1.11. The highest BCUT2D eigenvalue weighted by Gasteiger charge is 2.28. The van der Waals surface area contributed by atoms with Crippen molar-refractivity contribution in [3.63, 3.8) is 0 Å². The summed E-state index contributed by atoms with van der Waals surface area (Å²) in [4.78, 5) is 13.6. The zero-order valence-electron chi connectivity index (χ0n) is 34.1. The predicted octanol–water partition coefficient (Wildman–Crippen LogP) is 9.82. The highest BCUT2D eigenvalue weighted by atomic mass is 16.5. The lowest BCUT2D eigenvalue weighted by atomic mass is 9.79. The Morgan fingerprint density at radius 2 is 1.88 bits per heavy atom. The normalized spacial score (nSPS) is 21.1. The number of methoxy groups -OCH3 is 1. The lowest BCUT2D eigenvalue weighted by molar-refractivity contribution is -0.121. The molecule has 2 aliphatic carbocycles. The molecular weight excluding hydrogens is 727 g/mol. The number of aliphatic hydroxyl groups is 2. The van der Waals surface area contributed by atoms with Gasteiger partial charge >= 0.3 is 0 Å². The number of aryl methyl sites for hydroxylation is 3. The van der Waals surface area contributed by atoms with Gasteiger partial charge < -0.3 is 34.8 Å². The van der Waals surface area contributed by atoms with Crippen molar-refractivity contribution in [2.24, 2.45) is 11.8 Å². The molecule has 6 bridgehead atoms. The van der Waals surface area contributed by atoms with E-state index in [1.54, 1.807) is 20.1 Å². The Morgan fingerprint density at radius 1 is 1.00 bits per heavy atom. The minimum absolute atomic E-state index is 0.0267. The van der Waals surface area contributed by atoms with Gasteiger partial charge in [0, 0.05) is 37.1 Å². The molecule has 0 fully saturated rings. The average molecular weight is 784 g/mol. The number of rotatable bonds is 11. The fraction of sp³-hybridized carbons (Fsp3) is 0.420. The van der Waals surface area contributed by atoms with E-state index >= 15 is 0 Å². The number of fused-ring (bicyclic) bond motifs is 9. The Kier molecular flexibility index (Phi) is 13.3. The van der Waals surface area contributed by atoms with Gasteiger partial charge in [0.05, 0.1) is 13.2 Å². The lowest BCUT2D eigenvalue weighted by Crippen LogP contribution is -2.24. The van der Waals surface area contributed by atoms with Crippen molar-refractivity contribution in [2.75, 3.05) is 19.0 Å². The number of aromatic hydroxyl groups is 1. The minimum Gasteiger partial charge on any atom is -0.508 e. The van der Waals surface area contributed by atoms with Gasteiger partial charge in [-0.15, -0.1) is 0 Å². The average Bonchev–Trinajstić information content (AvgIpc) is 3.21. The van der Waals surface area contributed by atoms with Crippen molar-refractivity contribution < 1.29 is 34.3 Å². The summed E-state index contributed by atoms with van der Waals surface area (Å²) in [6.45, 7) is 4.87. The molecule has 8 heteroatoms. The van der Waals surface area contributed by atoms with E-state index in [4.69, 9.17) is 14.2 Å². The van der Waals surface area contributed by atoms with Gasteiger partial charge in [-0.1, -0.05) is 55.7 Å². The van der Waals surface area contributed by atoms with Crippen LogP contribution in [0.3, 0.4) is 0 Å². The predicted molar refractivity (Wildman–Crippen MR) is 230 cm³/mol. The van der Waals surface area contributed by atoms with E-state index in [-0.39, 0.29) is 35.5 Å². The summed E-state index contributed by atoms with van der Waals surface area (Å²) in [5.41, 5.74) is 7.53. The van der Waals surface area contributed by atoms with E-state index in [9.17, 15) is 20.1 Å². The Bertz CT molecular complexity index is 2230. The molecule has 4 aliphatic rings. The van der Waals surface area contributed by atoms with Gasteiger partial charge in [-0.3, -0.25) is 4.79 Å². The van der Waals surface area contributed by atoms with Crippen molar-refractivity contribution in [3.8, 4) is 29.3 Å². The van der Waals surface area contributed by atoms with Crippen LogP contribution >= 0.6 is 0 Å². The van der Waals surface area contributed by atoms with Gasteiger partial charge in [0.15, 0.2) is 11.5 Å². The Labute approximate surface area is 342 Å². The van der Waals surface area contributed by atoms with Gasteiger partial charge in [-0.05, 0) is 151 Å². The number of unbranched alkanes of at least 4 members (excludes halogenated alkanes) is 1. The molecule has 0 aromatic heterocycles. The van der Waals surface area contributed by atoms with Crippen LogP contribution in [0.25, 0.3) is 10.8 Å². The molecule has 0 spiro atoms. The number of benzene rings is 4. The highest BCUT2D eigenvalue weighted by molar-refractivity contribution is 5.95. The highest BCUT2D eigenvalue weighted by Crippen LogP contribution is 2.43. The smallest absolute Gasteiger partial charge is 0.161 e. The third-order valence-electron chi connectivity index (χ3n) is 12.1. The van der Waals surface area contributed by atoms with Crippen molar-refractivity contribution in [1.29, 1.82) is 0 Å². The number of Topliss-reactive ketones (excluding diaryl/α,β-unsaturated/α-hetero) is 1. The summed E-state index contributed by atoms with van der Waals surface area (Å²) in [6.07, 6.45) is 15.5. The minimum atomic E-state index is -0.481. The van der Waals surface area contributed by atoms with E-state index < -0.39 is 12.2 Å². The summed E-state index contributed by atoms with van der Waals surface area (Å²) in [7, 11) is 1.64. The number of carbonyl (C=O) groups excluding carboxylic acids is 1. The van der Waals surface area contributed by atoms with E-state index in [0.29, 0.717) is 56.3 Å². The lowest BCUT2D eigenvalue weighted by Gasteiger charge is -2.28. The first-order valence-corrected chi connectivity index (χ1v) is 21.0. The quantitative estimate of drug-likeness (QED) is 0.0878. The van der Waals surface area contributed by atoms with Crippen LogP contribution in [0.2, 0.25) is 0 Å². The molecule has 0 amide bonds. The van der Waals surface area contributed by atoms with Gasteiger partial charge in [0.25, 0.3) is 0 Å². The van der Waals surface area contributed by atoms with Crippen molar-refractivity contribution in [3.05, 3.63) is 118 Å². The van der Waals surface area contributed by atoms with Crippen molar-refractivity contribution in [1.82, 2.24) is 0 Å². The number of ketones is 1. The summed E-state index contributed by atoms with van der Waals surface area (Å²) >= 11 is 0. The monoisotopic (exact) mass is 783 g/mol. The molecule has 2 heterocycles. The molecule has 58 heavy (non-hydrogen) atoms. The van der Waals surface area contributed by atoms with Crippen LogP contribution in [0.1, 0.15) is 98.1 Å². The largest absolute Gasteiger partial charge is 0.508 e. The summed E-state index contributed by atoms with van der Waals surface area (Å²) < 4.78 is 18.4.